The Labute approximate surface area is 148 Å². The largest absolute Gasteiger partial charge is 0.274 e. The van der Waals surface area contributed by atoms with E-state index in [1.807, 2.05) is 55.5 Å². The number of hydrogen-bond donors (Lipinski definition) is 1. The first-order chi connectivity index (χ1) is 11.6. The van der Waals surface area contributed by atoms with E-state index < -0.39 is 0 Å². The molecular formula is C18H15BrN4O. The van der Waals surface area contributed by atoms with Crippen LogP contribution >= 0.6 is 15.9 Å². The summed E-state index contributed by atoms with van der Waals surface area (Å²) >= 11 is 3.39. The minimum absolute atomic E-state index is 0.304. The van der Waals surface area contributed by atoms with Crippen molar-refractivity contribution in [2.24, 2.45) is 5.10 Å². The lowest BCUT2D eigenvalue weighted by molar-refractivity contribution is 0.0955. The van der Waals surface area contributed by atoms with Gasteiger partial charge in [0.1, 0.15) is 0 Å². The molecule has 0 aliphatic carbocycles. The average molecular weight is 383 g/mol. The van der Waals surface area contributed by atoms with Gasteiger partial charge in [-0.05, 0) is 36.8 Å². The number of nitrogens with one attached hydrogen (secondary N) is 1. The maximum Gasteiger partial charge on any atom is 0.274 e. The molecule has 0 aliphatic rings. The van der Waals surface area contributed by atoms with Crippen molar-refractivity contribution in [1.82, 2.24) is 15.2 Å². The van der Waals surface area contributed by atoms with E-state index in [0.717, 1.165) is 15.7 Å². The lowest BCUT2D eigenvalue weighted by Crippen LogP contribution is -2.16. The molecule has 0 aliphatic heterocycles. The van der Waals surface area contributed by atoms with Crippen LogP contribution in [-0.2, 0) is 0 Å². The molecule has 120 valence electrons. The highest BCUT2D eigenvalue weighted by molar-refractivity contribution is 9.10. The van der Waals surface area contributed by atoms with Gasteiger partial charge in [-0.2, -0.15) is 10.2 Å². The lowest BCUT2D eigenvalue weighted by Gasteiger charge is -2.00. The van der Waals surface area contributed by atoms with E-state index in [9.17, 15) is 4.79 Å². The highest BCUT2D eigenvalue weighted by Crippen LogP contribution is 2.14. The predicted octanol–water partition coefficient (Wildman–Crippen LogP) is 3.71. The summed E-state index contributed by atoms with van der Waals surface area (Å²) in [4.78, 5) is 12.1. The van der Waals surface area contributed by atoms with Crippen LogP contribution in [0.15, 0.2) is 70.5 Å². The van der Waals surface area contributed by atoms with Crippen molar-refractivity contribution in [3.63, 3.8) is 0 Å². The molecule has 0 unspecified atom stereocenters. The summed E-state index contributed by atoms with van der Waals surface area (Å²) in [6.45, 7) is 2.02. The zero-order valence-corrected chi connectivity index (χ0v) is 14.6. The van der Waals surface area contributed by atoms with E-state index in [-0.39, 0.29) is 5.91 Å². The van der Waals surface area contributed by atoms with Crippen molar-refractivity contribution in [3.8, 4) is 5.69 Å². The van der Waals surface area contributed by atoms with Crippen molar-refractivity contribution < 1.29 is 4.79 Å². The Morgan fingerprint density at radius 3 is 2.58 bits per heavy atom. The molecule has 0 atom stereocenters. The Morgan fingerprint density at radius 2 is 1.88 bits per heavy atom. The van der Waals surface area contributed by atoms with E-state index in [0.29, 0.717) is 5.56 Å². The van der Waals surface area contributed by atoms with E-state index in [4.69, 9.17) is 0 Å². The van der Waals surface area contributed by atoms with Gasteiger partial charge in [0.05, 0.1) is 23.7 Å². The number of aryl methyl sites for hydroxylation is 1. The summed E-state index contributed by atoms with van der Waals surface area (Å²) in [7, 11) is 0. The fourth-order valence-corrected chi connectivity index (χ4v) is 2.32. The SMILES string of the molecule is Cc1ccc(/C=N\NC(=O)c2cnn(-c3ccc(Br)cc3)c2)cc1. The van der Waals surface area contributed by atoms with Crippen LogP contribution < -0.4 is 5.43 Å². The molecule has 1 heterocycles. The number of rotatable bonds is 4. The van der Waals surface area contributed by atoms with Crippen LogP contribution in [0.3, 0.4) is 0 Å². The molecule has 1 aromatic heterocycles. The molecule has 6 heteroatoms. The summed E-state index contributed by atoms with van der Waals surface area (Å²) in [6, 6.07) is 15.5. The van der Waals surface area contributed by atoms with Crippen LogP contribution in [0.4, 0.5) is 0 Å². The first-order valence-electron chi connectivity index (χ1n) is 7.32. The van der Waals surface area contributed by atoms with Gasteiger partial charge in [-0.15, -0.1) is 0 Å². The molecule has 1 amide bonds. The molecule has 0 saturated heterocycles. The van der Waals surface area contributed by atoms with Gasteiger partial charge in [-0.25, -0.2) is 10.1 Å². The summed E-state index contributed by atoms with van der Waals surface area (Å²) in [6.07, 6.45) is 4.79. The minimum Gasteiger partial charge on any atom is -0.267 e. The topological polar surface area (TPSA) is 59.3 Å². The average Bonchev–Trinajstić information content (AvgIpc) is 3.07. The predicted molar refractivity (Wildman–Crippen MR) is 97.5 cm³/mol. The summed E-state index contributed by atoms with van der Waals surface area (Å²) in [5.41, 5.74) is 5.92. The third kappa shape index (κ3) is 3.97. The van der Waals surface area contributed by atoms with Gasteiger partial charge in [-0.3, -0.25) is 4.79 Å². The molecule has 24 heavy (non-hydrogen) atoms. The van der Waals surface area contributed by atoms with Gasteiger partial charge in [0.15, 0.2) is 0 Å². The number of nitrogens with zero attached hydrogens (tertiary/aromatic N) is 3. The Bertz CT molecular complexity index is 867. The fraction of sp³-hybridized carbons (Fsp3) is 0.0556. The number of carbonyl (C=O) groups is 1. The number of hydrogen-bond acceptors (Lipinski definition) is 3. The van der Waals surface area contributed by atoms with Gasteiger partial charge in [0.25, 0.3) is 5.91 Å². The number of hydrazone groups is 1. The smallest absolute Gasteiger partial charge is 0.267 e. The molecule has 0 bridgehead atoms. The van der Waals surface area contributed by atoms with Crippen molar-refractivity contribution in [2.45, 2.75) is 6.92 Å². The highest BCUT2D eigenvalue weighted by Gasteiger charge is 2.08. The Kier molecular flexibility index (Phi) is 4.86. The normalized spacial score (nSPS) is 10.9. The molecule has 0 spiro atoms. The van der Waals surface area contributed by atoms with Gasteiger partial charge in [0, 0.05) is 10.7 Å². The number of halogens is 1. The van der Waals surface area contributed by atoms with Crippen LogP contribution in [0.5, 0.6) is 0 Å². The van der Waals surface area contributed by atoms with Gasteiger partial charge < -0.3 is 0 Å². The molecule has 0 radical (unpaired) electrons. The third-order valence-corrected chi connectivity index (χ3v) is 3.92. The van der Waals surface area contributed by atoms with E-state index in [2.05, 4.69) is 31.6 Å². The maximum absolute atomic E-state index is 12.1. The van der Waals surface area contributed by atoms with Crippen molar-refractivity contribution in [1.29, 1.82) is 0 Å². The van der Waals surface area contributed by atoms with Gasteiger partial charge in [0.2, 0.25) is 0 Å². The minimum atomic E-state index is -0.304. The fourth-order valence-electron chi connectivity index (χ4n) is 2.06. The molecule has 1 N–H and O–H groups in total. The van der Waals surface area contributed by atoms with Crippen molar-refractivity contribution in [3.05, 3.63) is 82.1 Å². The van der Waals surface area contributed by atoms with E-state index in [1.54, 1.807) is 17.1 Å². The third-order valence-electron chi connectivity index (χ3n) is 3.39. The van der Waals surface area contributed by atoms with Crippen LogP contribution in [0.2, 0.25) is 0 Å². The summed E-state index contributed by atoms with van der Waals surface area (Å²) in [5, 5.41) is 8.18. The van der Waals surface area contributed by atoms with Crippen LogP contribution in [0.1, 0.15) is 21.5 Å². The number of amides is 1. The van der Waals surface area contributed by atoms with Gasteiger partial charge in [-0.1, -0.05) is 45.8 Å². The number of carbonyl (C=O) groups excluding carboxylic acids is 1. The zero-order chi connectivity index (χ0) is 16.9. The zero-order valence-electron chi connectivity index (χ0n) is 13.0. The number of aromatic nitrogens is 2. The summed E-state index contributed by atoms with van der Waals surface area (Å²) in [5.74, 6) is -0.304. The highest BCUT2D eigenvalue weighted by atomic mass is 79.9. The quantitative estimate of drug-likeness (QED) is 0.552. The standard InChI is InChI=1S/C18H15BrN4O/c1-13-2-4-14(5-3-13)10-20-22-18(24)15-11-21-23(12-15)17-8-6-16(19)7-9-17/h2-12H,1H3,(H,22,24)/b20-10-. The van der Waals surface area contributed by atoms with Crippen LogP contribution in [0, 0.1) is 6.92 Å². The second-order valence-electron chi connectivity index (χ2n) is 5.26. The molecular weight excluding hydrogens is 368 g/mol. The number of benzene rings is 2. The van der Waals surface area contributed by atoms with Crippen LogP contribution in [0.25, 0.3) is 5.69 Å². The van der Waals surface area contributed by atoms with Crippen molar-refractivity contribution in [2.75, 3.05) is 0 Å². The second kappa shape index (κ2) is 7.23. The Balaban J connectivity index is 1.65. The molecule has 5 nitrogen and oxygen atoms in total. The van der Waals surface area contributed by atoms with E-state index in [1.165, 1.54) is 11.8 Å². The van der Waals surface area contributed by atoms with E-state index >= 15 is 0 Å². The van der Waals surface area contributed by atoms with Gasteiger partial charge >= 0.3 is 0 Å². The Hall–Kier alpha value is -2.73. The first kappa shape index (κ1) is 16.1. The monoisotopic (exact) mass is 382 g/mol. The van der Waals surface area contributed by atoms with Crippen LogP contribution in [-0.4, -0.2) is 21.9 Å². The second-order valence-corrected chi connectivity index (χ2v) is 6.18. The lowest BCUT2D eigenvalue weighted by atomic mass is 10.2. The summed E-state index contributed by atoms with van der Waals surface area (Å²) < 4.78 is 2.63. The Morgan fingerprint density at radius 1 is 1.17 bits per heavy atom. The first-order valence-corrected chi connectivity index (χ1v) is 8.12. The molecule has 3 rings (SSSR count). The molecule has 0 fully saturated rings. The van der Waals surface area contributed by atoms with Crippen molar-refractivity contribution >= 4 is 28.1 Å². The molecule has 2 aromatic carbocycles. The maximum atomic E-state index is 12.1. The molecule has 3 aromatic rings. The molecule has 0 saturated carbocycles.